The predicted octanol–water partition coefficient (Wildman–Crippen LogP) is 0.905. The Morgan fingerprint density at radius 3 is 2.75 bits per heavy atom. The topological polar surface area (TPSA) is 97.6 Å². The van der Waals surface area contributed by atoms with Crippen LogP contribution >= 0.6 is 0 Å². The van der Waals surface area contributed by atoms with Crippen LogP contribution in [-0.4, -0.2) is 36.0 Å². The third-order valence-corrected chi connectivity index (χ3v) is 2.77. The zero-order valence-corrected chi connectivity index (χ0v) is 11.0. The molecule has 0 atom stereocenters. The van der Waals surface area contributed by atoms with E-state index in [1.54, 1.807) is 24.3 Å². The van der Waals surface area contributed by atoms with Crippen molar-refractivity contribution in [2.24, 2.45) is 4.99 Å². The number of methoxy groups -OCH3 is 1. The van der Waals surface area contributed by atoms with Gasteiger partial charge in [-0.15, -0.1) is 0 Å². The Labute approximate surface area is 115 Å². The van der Waals surface area contributed by atoms with Gasteiger partial charge in [0, 0.05) is 13.0 Å². The lowest BCUT2D eigenvalue weighted by atomic mass is 10.2. The molecule has 1 heterocycles. The van der Waals surface area contributed by atoms with Crippen molar-refractivity contribution in [3.8, 4) is 0 Å². The van der Waals surface area contributed by atoms with E-state index in [1.165, 1.54) is 7.11 Å². The molecule has 108 valence electrons. The Bertz CT molecular complexity index is 520. The molecule has 0 unspecified atom stereocenters. The SMILES string of the molecule is COC(=O)CCCN=C1NN(O)c2ccccc2N1O. The third kappa shape index (κ3) is 2.98. The number of hydrogen-bond donors (Lipinski definition) is 3. The number of hydrazine groups is 1. The van der Waals surface area contributed by atoms with Crippen LogP contribution in [0.3, 0.4) is 0 Å². The number of anilines is 2. The highest BCUT2D eigenvalue weighted by Crippen LogP contribution is 2.29. The van der Waals surface area contributed by atoms with Crippen LogP contribution in [0.15, 0.2) is 29.3 Å². The number of ether oxygens (including phenoxy) is 1. The number of nitrogens with one attached hydrogen (secondary N) is 1. The minimum atomic E-state index is -0.309. The van der Waals surface area contributed by atoms with Crippen LogP contribution in [0, 0.1) is 0 Å². The Morgan fingerprint density at radius 2 is 2.05 bits per heavy atom. The highest BCUT2D eigenvalue weighted by Gasteiger charge is 2.25. The second-order valence-corrected chi connectivity index (χ2v) is 4.11. The van der Waals surface area contributed by atoms with E-state index in [1.807, 2.05) is 0 Å². The van der Waals surface area contributed by atoms with Gasteiger partial charge in [-0.3, -0.25) is 15.2 Å². The standard InChI is InChI=1S/C12H16N4O4/c1-20-11(17)7-4-8-13-12-14-16(19)10-6-3-2-5-9(10)15(12)18/h2-3,5-6,18-19H,4,7-8H2,1H3,(H,13,14). The molecule has 0 saturated carbocycles. The molecular weight excluding hydrogens is 264 g/mol. The number of guanidine groups is 1. The molecule has 20 heavy (non-hydrogen) atoms. The molecular formula is C12H16N4O4. The molecule has 0 amide bonds. The predicted molar refractivity (Wildman–Crippen MR) is 71.7 cm³/mol. The van der Waals surface area contributed by atoms with Crippen molar-refractivity contribution in [1.29, 1.82) is 0 Å². The molecule has 0 aromatic heterocycles. The van der Waals surface area contributed by atoms with Gasteiger partial charge in [0.05, 0.1) is 7.11 Å². The molecule has 0 aliphatic carbocycles. The number of rotatable bonds is 4. The number of hydroxylamine groups is 1. The minimum absolute atomic E-state index is 0.0797. The van der Waals surface area contributed by atoms with E-state index in [9.17, 15) is 15.2 Å². The molecule has 8 nitrogen and oxygen atoms in total. The Kier molecular flexibility index (Phi) is 4.38. The number of fused-ring (bicyclic) bond motifs is 1. The number of nitrogens with zero attached hydrogens (tertiary/aromatic N) is 3. The molecule has 1 aliphatic heterocycles. The maximum atomic E-state index is 10.9. The number of hydrogen-bond acceptors (Lipinski definition) is 6. The quantitative estimate of drug-likeness (QED) is 0.557. The summed E-state index contributed by atoms with van der Waals surface area (Å²) < 4.78 is 4.52. The van der Waals surface area contributed by atoms with Gasteiger partial charge in [-0.05, 0) is 18.6 Å². The maximum Gasteiger partial charge on any atom is 0.305 e. The van der Waals surface area contributed by atoms with Gasteiger partial charge >= 0.3 is 5.97 Å². The molecule has 2 rings (SSSR count). The van der Waals surface area contributed by atoms with Crippen molar-refractivity contribution in [1.82, 2.24) is 5.43 Å². The lowest BCUT2D eigenvalue weighted by molar-refractivity contribution is -0.140. The van der Waals surface area contributed by atoms with Crippen molar-refractivity contribution in [3.05, 3.63) is 24.3 Å². The molecule has 0 radical (unpaired) electrons. The van der Waals surface area contributed by atoms with E-state index in [4.69, 9.17) is 0 Å². The number of benzene rings is 1. The van der Waals surface area contributed by atoms with E-state index >= 15 is 0 Å². The summed E-state index contributed by atoms with van der Waals surface area (Å²) in [7, 11) is 1.33. The first-order valence-electron chi connectivity index (χ1n) is 6.08. The van der Waals surface area contributed by atoms with E-state index in [0.29, 0.717) is 24.3 Å². The number of esters is 1. The minimum Gasteiger partial charge on any atom is -0.469 e. The van der Waals surface area contributed by atoms with Crippen LogP contribution in [0.1, 0.15) is 12.8 Å². The molecule has 3 N–H and O–H groups in total. The summed E-state index contributed by atoms with van der Waals surface area (Å²) in [5.41, 5.74) is 3.33. The highest BCUT2D eigenvalue weighted by molar-refractivity contribution is 6.00. The van der Waals surface area contributed by atoms with Crippen LogP contribution < -0.4 is 15.7 Å². The largest absolute Gasteiger partial charge is 0.469 e. The maximum absolute atomic E-state index is 10.9. The van der Waals surface area contributed by atoms with Gasteiger partial charge < -0.3 is 4.74 Å². The van der Waals surface area contributed by atoms with Crippen LogP contribution in [0.5, 0.6) is 0 Å². The monoisotopic (exact) mass is 280 g/mol. The van der Waals surface area contributed by atoms with Gasteiger partial charge in [-0.25, -0.2) is 10.4 Å². The van der Waals surface area contributed by atoms with Crippen LogP contribution in [0.4, 0.5) is 11.4 Å². The van der Waals surface area contributed by atoms with E-state index in [0.717, 1.165) is 10.2 Å². The van der Waals surface area contributed by atoms with Gasteiger partial charge in [0.15, 0.2) is 0 Å². The molecule has 0 spiro atoms. The van der Waals surface area contributed by atoms with Crippen molar-refractivity contribution < 1.29 is 19.9 Å². The summed E-state index contributed by atoms with van der Waals surface area (Å²) in [6.07, 6.45) is 0.733. The summed E-state index contributed by atoms with van der Waals surface area (Å²) in [5.74, 6) is -0.229. The summed E-state index contributed by atoms with van der Waals surface area (Å²) in [4.78, 5) is 15.0. The van der Waals surface area contributed by atoms with Crippen LogP contribution in [-0.2, 0) is 9.53 Å². The van der Waals surface area contributed by atoms with Crippen LogP contribution in [0.25, 0.3) is 0 Å². The first kappa shape index (κ1) is 14.1. The number of para-hydroxylation sites is 2. The van der Waals surface area contributed by atoms with Crippen molar-refractivity contribution in [3.63, 3.8) is 0 Å². The van der Waals surface area contributed by atoms with Crippen LogP contribution in [0.2, 0.25) is 0 Å². The van der Waals surface area contributed by atoms with Gasteiger partial charge in [-0.1, -0.05) is 12.1 Å². The van der Waals surface area contributed by atoms with Gasteiger partial charge in [0.1, 0.15) is 11.4 Å². The average molecular weight is 280 g/mol. The van der Waals surface area contributed by atoms with Gasteiger partial charge in [0.2, 0.25) is 5.96 Å². The summed E-state index contributed by atoms with van der Waals surface area (Å²) >= 11 is 0. The average Bonchev–Trinajstić information content (AvgIpc) is 2.48. The normalized spacial score (nSPS) is 15.8. The highest BCUT2D eigenvalue weighted by atomic mass is 16.6. The number of aliphatic imine (C=N–C) groups is 1. The molecule has 1 aromatic rings. The molecule has 8 heteroatoms. The third-order valence-electron chi connectivity index (χ3n) is 2.77. The fraction of sp³-hybridized carbons (Fsp3) is 0.333. The smallest absolute Gasteiger partial charge is 0.305 e. The Morgan fingerprint density at radius 1 is 1.35 bits per heavy atom. The second kappa shape index (κ2) is 6.22. The first-order valence-corrected chi connectivity index (χ1v) is 6.08. The zero-order valence-electron chi connectivity index (χ0n) is 11.0. The first-order chi connectivity index (χ1) is 9.63. The second-order valence-electron chi connectivity index (χ2n) is 4.11. The Hall–Kier alpha value is -2.32. The number of carbonyl (C=O) groups is 1. The van der Waals surface area contributed by atoms with E-state index < -0.39 is 0 Å². The van der Waals surface area contributed by atoms with Crippen molar-refractivity contribution in [2.75, 3.05) is 23.9 Å². The summed E-state index contributed by atoms with van der Waals surface area (Å²) in [6.45, 7) is 0.310. The molecule has 0 saturated heterocycles. The molecule has 1 aromatic carbocycles. The fourth-order valence-electron chi connectivity index (χ4n) is 1.75. The van der Waals surface area contributed by atoms with Gasteiger partial charge in [-0.2, -0.15) is 10.2 Å². The molecule has 0 bridgehead atoms. The number of carbonyl (C=O) groups excluding carboxylic acids is 1. The van der Waals surface area contributed by atoms with Crippen molar-refractivity contribution in [2.45, 2.75) is 12.8 Å². The van der Waals surface area contributed by atoms with Crippen molar-refractivity contribution >= 4 is 23.3 Å². The lowest BCUT2D eigenvalue weighted by Gasteiger charge is -2.32. The molecule has 1 aliphatic rings. The molecule has 0 fully saturated rings. The van der Waals surface area contributed by atoms with E-state index in [2.05, 4.69) is 15.2 Å². The van der Waals surface area contributed by atoms with E-state index in [-0.39, 0.29) is 18.3 Å². The lowest BCUT2D eigenvalue weighted by Crippen LogP contribution is -2.52. The summed E-state index contributed by atoms with van der Waals surface area (Å²) in [5, 5.41) is 21.4. The summed E-state index contributed by atoms with van der Waals surface area (Å²) in [6, 6.07) is 6.75. The fourth-order valence-corrected chi connectivity index (χ4v) is 1.75. The Balaban J connectivity index is 2.02. The zero-order chi connectivity index (χ0) is 14.5. The van der Waals surface area contributed by atoms with Gasteiger partial charge in [0.25, 0.3) is 0 Å².